The number of morpholine rings is 1. The fraction of sp³-hybridized carbons (Fsp3) is 0.357. The summed E-state index contributed by atoms with van der Waals surface area (Å²) >= 11 is 0. The van der Waals surface area contributed by atoms with Crippen LogP contribution < -0.4 is 25.6 Å². The summed E-state index contributed by atoms with van der Waals surface area (Å²) in [6.07, 6.45) is 0. The van der Waals surface area contributed by atoms with Crippen molar-refractivity contribution in [1.29, 1.82) is 0 Å². The summed E-state index contributed by atoms with van der Waals surface area (Å²) in [5.41, 5.74) is 1.75. The van der Waals surface area contributed by atoms with Crippen LogP contribution >= 0.6 is 0 Å². The molecule has 0 aliphatic carbocycles. The molecule has 2 aromatic carbocycles. The number of benzene rings is 2. The number of aliphatic hydroxyl groups is 1. The first-order valence-corrected chi connectivity index (χ1v) is 13.3. The Kier molecular flexibility index (Phi) is 10.2. The molecule has 41 heavy (non-hydrogen) atoms. The van der Waals surface area contributed by atoms with E-state index in [0.29, 0.717) is 48.9 Å². The van der Waals surface area contributed by atoms with Gasteiger partial charge in [-0.3, -0.25) is 0 Å². The lowest BCUT2D eigenvalue weighted by atomic mass is 10.2. The molecular weight excluding hydrogens is 535 g/mol. The van der Waals surface area contributed by atoms with Gasteiger partial charge in [0.2, 0.25) is 0 Å². The molecule has 0 saturated carbocycles. The highest BCUT2D eigenvalue weighted by Crippen LogP contribution is 2.31. The Morgan fingerprint density at radius 2 is 1.73 bits per heavy atom. The molecule has 0 bridgehead atoms. The minimum atomic E-state index is -0.670. The number of hydrogen-bond donors (Lipinski definition) is 4. The van der Waals surface area contributed by atoms with Gasteiger partial charge < -0.3 is 40.2 Å². The van der Waals surface area contributed by atoms with Crippen LogP contribution in [-0.4, -0.2) is 79.7 Å². The third-order valence-electron chi connectivity index (χ3n) is 5.99. The van der Waals surface area contributed by atoms with Gasteiger partial charge in [0, 0.05) is 36.6 Å². The highest BCUT2D eigenvalue weighted by Gasteiger charge is 2.23. The molecule has 3 aromatic rings. The van der Waals surface area contributed by atoms with E-state index in [1.54, 1.807) is 50.2 Å². The number of ether oxygens (including phenoxy) is 3. The van der Waals surface area contributed by atoms with Crippen molar-refractivity contribution >= 4 is 34.9 Å². The Morgan fingerprint density at radius 1 is 1.02 bits per heavy atom. The van der Waals surface area contributed by atoms with E-state index >= 15 is 0 Å². The van der Waals surface area contributed by atoms with E-state index in [1.165, 1.54) is 6.07 Å². The molecule has 0 radical (unpaired) electrons. The third kappa shape index (κ3) is 7.58. The molecule has 12 nitrogen and oxygen atoms in total. The number of aliphatic hydroxyl groups excluding tert-OH is 1. The number of nitrogens with zero attached hydrogens (tertiary/aromatic N) is 3. The van der Waals surface area contributed by atoms with E-state index < -0.39 is 17.8 Å². The van der Waals surface area contributed by atoms with Crippen LogP contribution in [0, 0.1) is 5.82 Å². The zero-order valence-corrected chi connectivity index (χ0v) is 22.9. The van der Waals surface area contributed by atoms with Crippen LogP contribution in [-0.2, 0) is 9.47 Å². The highest BCUT2D eigenvalue weighted by molar-refractivity contribution is 6.00. The summed E-state index contributed by atoms with van der Waals surface area (Å²) in [5, 5.41) is 17.6. The summed E-state index contributed by atoms with van der Waals surface area (Å²) in [7, 11) is 0. The average Bonchev–Trinajstić information content (AvgIpc) is 2.97. The number of carbonyl (C=O) groups is 2. The Morgan fingerprint density at radius 3 is 2.39 bits per heavy atom. The SMILES string of the molecule is CCOC(=O)c1nc(-c2ccc(NC(=O)Nc3ccc(N4CCOCC4)c(F)c3)cc2)nc(NCCO)c1OCC. The zero-order chi connectivity index (χ0) is 29.2. The second kappa shape index (κ2) is 14.2. The van der Waals surface area contributed by atoms with Gasteiger partial charge in [-0.15, -0.1) is 0 Å². The third-order valence-corrected chi connectivity index (χ3v) is 5.99. The molecule has 2 amide bonds. The van der Waals surface area contributed by atoms with E-state index in [-0.39, 0.29) is 49.5 Å². The van der Waals surface area contributed by atoms with Gasteiger partial charge in [-0.05, 0) is 56.3 Å². The summed E-state index contributed by atoms with van der Waals surface area (Å²) in [6.45, 7) is 6.16. The van der Waals surface area contributed by atoms with Gasteiger partial charge in [-0.2, -0.15) is 0 Å². The van der Waals surface area contributed by atoms with Crippen molar-refractivity contribution in [3.63, 3.8) is 0 Å². The molecule has 2 heterocycles. The molecule has 4 rings (SSSR count). The molecule has 1 fully saturated rings. The number of urea groups is 1. The largest absolute Gasteiger partial charge is 0.488 e. The lowest BCUT2D eigenvalue weighted by Crippen LogP contribution is -2.36. The van der Waals surface area contributed by atoms with Crippen molar-refractivity contribution in [3.8, 4) is 17.1 Å². The number of amides is 2. The van der Waals surface area contributed by atoms with E-state index in [4.69, 9.17) is 14.2 Å². The topological polar surface area (TPSA) is 147 Å². The van der Waals surface area contributed by atoms with Crippen LogP contribution in [0.2, 0.25) is 0 Å². The summed E-state index contributed by atoms with van der Waals surface area (Å²) in [6, 6.07) is 10.6. The van der Waals surface area contributed by atoms with Gasteiger partial charge in [0.25, 0.3) is 0 Å². The van der Waals surface area contributed by atoms with Gasteiger partial charge in [-0.25, -0.2) is 23.9 Å². The first kappa shape index (κ1) is 29.5. The quantitative estimate of drug-likeness (QED) is 0.252. The van der Waals surface area contributed by atoms with Gasteiger partial charge in [0.1, 0.15) is 5.82 Å². The van der Waals surface area contributed by atoms with Crippen molar-refractivity contribution in [2.75, 3.05) is 73.5 Å². The first-order valence-electron chi connectivity index (χ1n) is 13.3. The summed E-state index contributed by atoms with van der Waals surface area (Å²) < 4.78 is 30.8. The van der Waals surface area contributed by atoms with Gasteiger partial charge in [0.05, 0.1) is 38.7 Å². The van der Waals surface area contributed by atoms with Crippen LogP contribution in [0.15, 0.2) is 42.5 Å². The van der Waals surface area contributed by atoms with Crippen LogP contribution in [0.5, 0.6) is 5.75 Å². The summed E-state index contributed by atoms with van der Waals surface area (Å²) in [5.74, 6) is -0.519. The molecular formula is C28H33FN6O6. The number of carbonyl (C=O) groups excluding carboxylic acids is 2. The average molecular weight is 569 g/mol. The Bertz CT molecular complexity index is 1350. The van der Waals surface area contributed by atoms with E-state index in [2.05, 4.69) is 25.9 Å². The zero-order valence-electron chi connectivity index (χ0n) is 22.9. The normalized spacial score (nSPS) is 12.9. The highest BCUT2D eigenvalue weighted by atomic mass is 19.1. The van der Waals surface area contributed by atoms with Crippen molar-refractivity contribution in [3.05, 3.63) is 54.0 Å². The second-order valence-electron chi connectivity index (χ2n) is 8.80. The van der Waals surface area contributed by atoms with E-state index in [9.17, 15) is 19.1 Å². The number of aromatic nitrogens is 2. The second-order valence-corrected chi connectivity index (χ2v) is 8.80. The number of nitrogens with one attached hydrogen (secondary N) is 3. The Hall–Kier alpha value is -4.49. The minimum absolute atomic E-state index is 0.0485. The fourth-order valence-electron chi connectivity index (χ4n) is 4.13. The number of anilines is 4. The molecule has 218 valence electrons. The standard InChI is InChI=1S/C28H33FN6O6/c1-3-40-24-23(27(37)41-4-2)33-25(34-26(24)30-11-14-36)18-5-7-19(8-6-18)31-28(38)32-20-9-10-22(21(29)17-20)35-12-15-39-16-13-35/h5-10,17,36H,3-4,11-16H2,1-2H3,(H,30,33,34)(H2,31,32,38). The molecule has 4 N–H and O–H groups in total. The van der Waals surface area contributed by atoms with Gasteiger partial charge >= 0.3 is 12.0 Å². The predicted molar refractivity (Wildman–Crippen MR) is 152 cm³/mol. The predicted octanol–water partition coefficient (Wildman–Crippen LogP) is 3.74. The molecule has 0 unspecified atom stereocenters. The molecule has 0 spiro atoms. The lowest BCUT2D eigenvalue weighted by molar-refractivity contribution is 0.0514. The van der Waals surface area contributed by atoms with Crippen LogP contribution in [0.25, 0.3) is 11.4 Å². The maximum Gasteiger partial charge on any atom is 0.361 e. The molecule has 1 aromatic heterocycles. The maximum absolute atomic E-state index is 14.7. The van der Waals surface area contributed by atoms with Crippen molar-refractivity contribution in [2.24, 2.45) is 0 Å². The molecule has 1 aliphatic heterocycles. The smallest absolute Gasteiger partial charge is 0.361 e. The van der Waals surface area contributed by atoms with Crippen molar-refractivity contribution in [1.82, 2.24) is 9.97 Å². The number of hydrogen-bond acceptors (Lipinski definition) is 10. The lowest BCUT2D eigenvalue weighted by Gasteiger charge is -2.29. The Balaban J connectivity index is 1.48. The number of rotatable bonds is 11. The maximum atomic E-state index is 14.7. The number of esters is 1. The van der Waals surface area contributed by atoms with Crippen molar-refractivity contribution < 1.29 is 33.3 Å². The van der Waals surface area contributed by atoms with Crippen LogP contribution in [0.3, 0.4) is 0 Å². The van der Waals surface area contributed by atoms with Crippen molar-refractivity contribution in [2.45, 2.75) is 13.8 Å². The summed E-state index contributed by atoms with van der Waals surface area (Å²) in [4.78, 5) is 36.0. The van der Waals surface area contributed by atoms with Crippen LogP contribution in [0.1, 0.15) is 24.3 Å². The monoisotopic (exact) mass is 568 g/mol. The molecule has 0 atom stereocenters. The first-order chi connectivity index (χ1) is 19.9. The van der Waals surface area contributed by atoms with E-state index in [1.807, 2.05) is 4.90 Å². The minimum Gasteiger partial charge on any atom is -0.488 e. The van der Waals surface area contributed by atoms with Crippen LogP contribution in [0.4, 0.5) is 32.1 Å². The van der Waals surface area contributed by atoms with Gasteiger partial charge in [-0.1, -0.05) is 0 Å². The fourth-order valence-corrected chi connectivity index (χ4v) is 4.13. The van der Waals surface area contributed by atoms with E-state index in [0.717, 1.165) is 0 Å². The van der Waals surface area contributed by atoms with Gasteiger partial charge in [0.15, 0.2) is 23.1 Å². The number of halogens is 1. The molecule has 1 aliphatic rings. The Labute approximate surface area is 236 Å². The molecule has 1 saturated heterocycles. The molecule has 13 heteroatoms.